The summed E-state index contributed by atoms with van der Waals surface area (Å²) in [6.45, 7) is 0. The Morgan fingerprint density at radius 1 is 1.38 bits per heavy atom. The van der Waals surface area contributed by atoms with E-state index in [1.807, 2.05) is 0 Å². The number of allylic oxidation sites excluding steroid dienone is 1. The Kier molecular flexibility index (Phi) is 3.48. The van der Waals surface area contributed by atoms with E-state index < -0.39 is 0 Å². The fraction of sp³-hybridized carbons (Fsp3) is 0.200. The molecule has 0 saturated carbocycles. The lowest BCUT2D eigenvalue weighted by atomic mass is 10.6. The summed E-state index contributed by atoms with van der Waals surface area (Å²) in [5.41, 5.74) is 0. The number of hydrogen-bond donors (Lipinski definition) is 0. The maximum Gasteiger partial charge on any atom is 0.213 e. The molecule has 3 heteroatoms. The first-order valence-corrected chi connectivity index (χ1v) is 2.10. The van der Waals surface area contributed by atoms with E-state index >= 15 is 0 Å². The van der Waals surface area contributed by atoms with E-state index in [1.165, 1.54) is 17.2 Å². The minimum atomic E-state index is 0.611. The highest BCUT2D eigenvalue weighted by Crippen LogP contribution is 1.72. The summed E-state index contributed by atoms with van der Waals surface area (Å²) in [5, 5.41) is 0. The normalized spacial score (nSPS) is 9.12. The van der Waals surface area contributed by atoms with Gasteiger partial charge in [0.15, 0.2) is 0 Å². The van der Waals surface area contributed by atoms with Gasteiger partial charge < -0.3 is 4.90 Å². The second kappa shape index (κ2) is 4.05. The number of carbonyl (C=O) groups is 2. The average molecular weight is 113 g/mol. The molecule has 0 atom stereocenters. The Labute approximate surface area is 47.6 Å². The summed E-state index contributed by atoms with van der Waals surface area (Å²) in [6.07, 6.45) is 3.84. The number of hydrogen-bond acceptors (Lipinski definition) is 2. The third kappa shape index (κ3) is 3.08. The van der Waals surface area contributed by atoms with Gasteiger partial charge in [0.1, 0.15) is 6.29 Å². The highest BCUT2D eigenvalue weighted by Gasteiger charge is 1.78. The summed E-state index contributed by atoms with van der Waals surface area (Å²) in [7, 11) is 1.55. The van der Waals surface area contributed by atoms with Crippen LogP contribution in [-0.4, -0.2) is 24.6 Å². The maximum absolute atomic E-state index is 9.77. The smallest absolute Gasteiger partial charge is 0.213 e. The van der Waals surface area contributed by atoms with Crippen LogP contribution in [0, 0.1) is 0 Å². The summed E-state index contributed by atoms with van der Waals surface area (Å²) < 4.78 is 0. The van der Waals surface area contributed by atoms with E-state index in [9.17, 15) is 9.59 Å². The quantitative estimate of drug-likeness (QED) is 0.375. The highest BCUT2D eigenvalue weighted by molar-refractivity contribution is 5.65. The number of nitrogens with zero attached hydrogens (tertiary/aromatic N) is 1. The lowest BCUT2D eigenvalue weighted by Crippen LogP contribution is -2.05. The minimum absolute atomic E-state index is 0.611. The predicted octanol–water partition coefficient (Wildman–Crippen LogP) is -0.213. The average Bonchev–Trinajstić information content (AvgIpc) is 1.83. The van der Waals surface area contributed by atoms with E-state index in [1.54, 1.807) is 7.05 Å². The molecule has 0 radical (unpaired) electrons. The monoisotopic (exact) mass is 113 g/mol. The molecule has 0 fully saturated rings. The van der Waals surface area contributed by atoms with Crippen LogP contribution in [0.1, 0.15) is 0 Å². The van der Waals surface area contributed by atoms with Crippen molar-refractivity contribution in [2.75, 3.05) is 7.05 Å². The minimum Gasteiger partial charge on any atom is -0.325 e. The van der Waals surface area contributed by atoms with Crippen molar-refractivity contribution in [3.05, 3.63) is 12.3 Å². The van der Waals surface area contributed by atoms with Gasteiger partial charge in [-0.25, -0.2) is 0 Å². The molecule has 44 valence electrons. The molecule has 0 unspecified atom stereocenters. The van der Waals surface area contributed by atoms with Crippen molar-refractivity contribution in [3.63, 3.8) is 0 Å². The zero-order valence-electron chi connectivity index (χ0n) is 4.57. The van der Waals surface area contributed by atoms with E-state index in [0.717, 1.165) is 0 Å². The molecular weight excluding hydrogens is 106 g/mol. The third-order valence-corrected chi connectivity index (χ3v) is 0.566. The second-order valence-electron chi connectivity index (χ2n) is 1.25. The summed E-state index contributed by atoms with van der Waals surface area (Å²) in [5.74, 6) is 0. The summed E-state index contributed by atoms with van der Waals surface area (Å²) >= 11 is 0. The van der Waals surface area contributed by atoms with Crippen LogP contribution >= 0.6 is 0 Å². The topological polar surface area (TPSA) is 37.4 Å². The van der Waals surface area contributed by atoms with Crippen LogP contribution in [0.2, 0.25) is 0 Å². The predicted molar refractivity (Wildman–Crippen MR) is 29.0 cm³/mol. The van der Waals surface area contributed by atoms with Crippen LogP contribution in [0.5, 0.6) is 0 Å². The first-order valence-electron chi connectivity index (χ1n) is 2.10. The molecule has 0 aliphatic heterocycles. The first-order chi connectivity index (χ1) is 3.81. The lowest BCUT2D eigenvalue weighted by molar-refractivity contribution is -0.114. The zero-order valence-corrected chi connectivity index (χ0v) is 4.57. The molecule has 0 aliphatic rings. The maximum atomic E-state index is 9.77. The van der Waals surface area contributed by atoms with Crippen LogP contribution in [0.15, 0.2) is 12.3 Å². The van der Waals surface area contributed by atoms with Crippen molar-refractivity contribution >= 4 is 12.7 Å². The van der Waals surface area contributed by atoms with Gasteiger partial charge in [-0.15, -0.1) is 0 Å². The molecule has 1 amide bonds. The van der Waals surface area contributed by atoms with Crippen LogP contribution in [0.25, 0.3) is 0 Å². The van der Waals surface area contributed by atoms with Crippen molar-refractivity contribution in [1.29, 1.82) is 0 Å². The largest absolute Gasteiger partial charge is 0.325 e. The molecule has 0 N–H and O–H groups in total. The molecule has 0 bridgehead atoms. The van der Waals surface area contributed by atoms with Gasteiger partial charge in [-0.1, -0.05) is 0 Å². The Hall–Kier alpha value is -1.12. The summed E-state index contributed by atoms with van der Waals surface area (Å²) in [4.78, 5) is 20.6. The van der Waals surface area contributed by atoms with Crippen LogP contribution in [0.4, 0.5) is 0 Å². The molecule has 0 aromatic heterocycles. The Balaban J connectivity index is 3.50. The first kappa shape index (κ1) is 6.88. The number of amides is 1. The van der Waals surface area contributed by atoms with Gasteiger partial charge in [-0.3, -0.25) is 9.59 Å². The van der Waals surface area contributed by atoms with Crippen LogP contribution in [-0.2, 0) is 9.59 Å². The molecule has 0 rings (SSSR count). The van der Waals surface area contributed by atoms with Crippen molar-refractivity contribution in [3.8, 4) is 0 Å². The fourth-order valence-electron chi connectivity index (χ4n) is 0.206. The van der Waals surface area contributed by atoms with Crippen LogP contribution < -0.4 is 0 Å². The van der Waals surface area contributed by atoms with E-state index in [0.29, 0.717) is 12.7 Å². The van der Waals surface area contributed by atoms with Crippen LogP contribution in [0.3, 0.4) is 0 Å². The van der Waals surface area contributed by atoms with Crippen molar-refractivity contribution in [1.82, 2.24) is 4.90 Å². The Morgan fingerprint density at radius 3 is 2.38 bits per heavy atom. The van der Waals surface area contributed by atoms with Crippen molar-refractivity contribution < 1.29 is 9.59 Å². The SMILES string of the molecule is CN(C=O)C=CC=O. The molecule has 0 spiro atoms. The van der Waals surface area contributed by atoms with Gasteiger partial charge in [0.05, 0.1) is 0 Å². The molecule has 0 aromatic rings. The standard InChI is InChI=1S/C5H7NO2/c1-6(5-8)3-2-4-7/h2-5H,1H3. The van der Waals surface area contributed by atoms with Gasteiger partial charge in [-0.2, -0.15) is 0 Å². The zero-order chi connectivity index (χ0) is 6.41. The molecule has 3 nitrogen and oxygen atoms in total. The number of rotatable bonds is 3. The van der Waals surface area contributed by atoms with E-state index in [2.05, 4.69) is 0 Å². The summed E-state index contributed by atoms with van der Waals surface area (Å²) in [6, 6.07) is 0. The molecular formula is C5H7NO2. The van der Waals surface area contributed by atoms with Gasteiger partial charge in [-0.05, 0) is 6.08 Å². The van der Waals surface area contributed by atoms with Gasteiger partial charge in [0, 0.05) is 13.2 Å². The lowest BCUT2D eigenvalue weighted by Gasteiger charge is -1.97. The van der Waals surface area contributed by atoms with Crippen molar-refractivity contribution in [2.24, 2.45) is 0 Å². The van der Waals surface area contributed by atoms with E-state index in [-0.39, 0.29) is 0 Å². The number of aldehydes is 1. The molecule has 0 heterocycles. The second-order valence-corrected chi connectivity index (χ2v) is 1.25. The Morgan fingerprint density at radius 2 is 2.00 bits per heavy atom. The number of carbonyl (C=O) groups excluding carboxylic acids is 2. The van der Waals surface area contributed by atoms with Gasteiger partial charge in [0.2, 0.25) is 6.41 Å². The van der Waals surface area contributed by atoms with Crippen molar-refractivity contribution in [2.45, 2.75) is 0 Å². The molecule has 0 saturated heterocycles. The van der Waals surface area contributed by atoms with Gasteiger partial charge in [0.25, 0.3) is 0 Å². The molecule has 8 heavy (non-hydrogen) atoms. The van der Waals surface area contributed by atoms with Gasteiger partial charge >= 0.3 is 0 Å². The third-order valence-electron chi connectivity index (χ3n) is 0.566. The van der Waals surface area contributed by atoms with E-state index in [4.69, 9.17) is 0 Å². The highest BCUT2D eigenvalue weighted by atomic mass is 16.1. The fourth-order valence-corrected chi connectivity index (χ4v) is 0.206. The molecule has 0 aliphatic carbocycles. The Bertz CT molecular complexity index is 109. The molecule has 0 aromatic carbocycles.